The first-order chi connectivity index (χ1) is 10.2. The molecule has 0 fully saturated rings. The molecule has 0 amide bonds. The molecule has 0 saturated carbocycles. The van der Waals surface area contributed by atoms with Crippen LogP contribution in [-0.4, -0.2) is 24.7 Å². The molecule has 0 saturated heterocycles. The van der Waals surface area contributed by atoms with Crippen molar-refractivity contribution in [1.29, 1.82) is 0 Å². The van der Waals surface area contributed by atoms with E-state index < -0.39 is 23.3 Å². The fraction of sp³-hybridized carbons (Fsp3) is 0.429. The standard InChI is InChI=1S/C14H18N4O4/c1-7(2)13(20)22-8(3)10-15-11-9(16(10)4)12(19)18(6)14(21)17(11)5/h8H,1H2,2-6H3. The summed E-state index contributed by atoms with van der Waals surface area (Å²) < 4.78 is 9.06. The number of hydrogen-bond acceptors (Lipinski definition) is 5. The molecule has 2 aromatic rings. The summed E-state index contributed by atoms with van der Waals surface area (Å²) in [5.74, 6) is -0.163. The number of nitrogens with zero attached hydrogens (tertiary/aromatic N) is 4. The Bertz CT molecular complexity index is 900. The first-order valence-electron chi connectivity index (χ1n) is 6.65. The molecule has 0 bridgehead atoms. The number of hydrogen-bond donors (Lipinski definition) is 0. The maximum atomic E-state index is 12.3. The van der Waals surface area contributed by atoms with E-state index in [1.807, 2.05) is 0 Å². The van der Waals surface area contributed by atoms with E-state index in [9.17, 15) is 14.4 Å². The Morgan fingerprint density at radius 1 is 1.18 bits per heavy atom. The van der Waals surface area contributed by atoms with Crippen molar-refractivity contribution in [3.63, 3.8) is 0 Å². The number of rotatable bonds is 3. The molecule has 22 heavy (non-hydrogen) atoms. The SMILES string of the molecule is C=C(C)C(=O)OC(C)c1nc2c(c(=O)n(C)c(=O)n2C)n1C. The lowest BCUT2D eigenvalue weighted by Gasteiger charge is -2.12. The summed E-state index contributed by atoms with van der Waals surface area (Å²) in [4.78, 5) is 40.1. The molecule has 0 N–H and O–H groups in total. The van der Waals surface area contributed by atoms with Gasteiger partial charge in [-0.15, -0.1) is 0 Å². The first kappa shape index (κ1) is 15.7. The van der Waals surface area contributed by atoms with E-state index in [0.717, 1.165) is 4.57 Å². The Hall–Kier alpha value is -2.64. The van der Waals surface area contributed by atoms with E-state index in [0.29, 0.717) is 5.82 Å². The third-order valence-electron chi connectivity index (χ3n) is 3.51. The molecule has 2 heterocycles. The highest BCUT2D eigenvalue weighted by molar-refractivity contribution is 5.87. The van der Waals surface area contributed by atoms with Crippen molar-refractivity contribution in [3.05, 3.63) is 38.8 Å². The number of imidazole rings is 1. The van der Waals surface area contributed by atoms with Crippen molar-refractivity contribution >= 4 is 17.1 Å². The van der Waals surface area contributed by atoms with Gasteiger partial charge in [0.25, 0.3) is 5.56 Å². The van der Waals surface area contributed by atoms with Gasteiger partial charge in [0, 0.05) is 26.7 Å². The quantitative estimate of drug-likeness (QED) is 0.595. The van der Waals surface area contributed by atoms with Gasteiger partial charge in [0.2, 0.25) is 0 Å². The van der Waals surface area contributed by atoms with Crippen molar-refractivity contribution in [2.24, 2.45) is 21.1 Å². The number of carbonyl (C=O) groups excluding carboxylic acids is 1. The van der Waals surface area contributed by atoms with Crippen LogP contribution in [0.15, 0.2) is 21.7 Å². The third kappa shape index (κ3) is 2.26. The van der Waals surface area contributed by atoms with Crippen LogP contribution in [0.25, 0.3) is 11.2 Å². The zero-order valence-corrected chi connectivity index (χ0v) is 13.2. The van der Waals surface area contributed by atoms with Crippen LogP contribution in [0.2, 0.25) is 0 Å². The van der Waals surface area contributed by atoms with Crippen molar-refractivity contribution in [2.75, 3.05) is 0 Å². The van der Waals surface area contributed by atoms with E-state index in [1.54, 1.807) is 20.9 Å². The Morgan fingerprint density at radius 3 is 2.32 bits per heavy atom. The molecule has 0 aliphatic carbocycles. The molecule has 0 aliphatic rings. The van der Waals surface area contributed by atoms with Gasteiger partial charge < -0.3 is 9.30 Å². The summed E-state index contributed by atoms with van der Waals surface area (Å²) >= 11 is 0. The van der Waals surface area contributed by atoms with Gasteiger partial charge in [-0.3, -0.25) is 13.9 Å². The molecule has 0 aromatic carbocycles. The van der Waals surface area contributed by atoms with E-state index in [2.05, 4.69) is 11.6 Å². The van der Waals surface area contributed by atoms with E-state index in [1.165, 1.54) is 23.2 Å². The van der Waals surface area contributed by atoms with Gasteiger partial charge in [-0.2, -0.15) is 0 Å². The Labute approximate surface area is 126 Å². The average molecular weight is 306 g/mol. The molecule has 0 radical (unpaired) electrons. The third-order valence-corrected chi connectivity index (χ3v) is 3.51. The van der Waals surface area contributed by atoms with Crippen LogP contribution in [0.3, 0.4) is 0 Å². The number of aryl methyl sites for hydroxylation is 2. The highest BCUT2D eigenvalue weighted by Gasteiger charge is 2.22. The van der Waals surface area contributed by atoms with Crippen LogP contribution in [0.4, 0.5) is 0 Å². The molecule has 2 aromatic heterocycles. The number of aromatic nitrogens is 4. The lowest BCUT2D eigenvalue weighted by molar-refractivity contribution is -0.144. The summed E-state index contributed by atoms with van der Waals surface area (Å²) in [7, 11) is 4.58. The zero-order valence-electron chi connectivity index (χ0n) is 13.2. The van der Waals surface area contributed by atoms with Crippen molar-refractivity contribution < 1.29 is 9.53 Å². The summed E-state index contributed by atoms with van der Waals surface area (Å²) in [6.07, 6.45) is -0.679. The smallest absolute Gasteiger partial charge is 0.333 e. The summed E-state index contributed by atoms with van der Waals surface area (Å²) in [5, 5.41) is 0. The van der Waals surface area contributed by atoms with E-state index in [-0.39, 0.29) is 16.7 Å². The maximum Gasteiger partial charge on any atom is 0.333 e. The topological polar surface area (TPSA) is 88.1 Å². The lowest BCUT2D eigenvalue weighted by atomic mass is 10.3. The van der Waals surface area contributed by atoms with Crippen LogP contribution in [-0.2, 0) is 30.7 Å². The van der Waals surface area contributed by atoms with Gasteiger partial charge in [-0.1, -0.05) is 6.58 Å². The fourth-order valence-corrected chi connectivity index (χ4v) is 2.21. The normalized spacial score (nSPS) is 12.4. The Morgan fingerprint density at radius 2 is 1.77 bits per heavy atom. The van der Waals surface area contributed by atoms with Crippen LogP contribution in [0.5, 0.6) is 0 Å². The van der Waals surface area contributed by atoms with Gasteiger partial charge >= 0.3 is 11.7 Å². The van der Waals surface area contributed by atoms with Gasteiger partial charge in [0.05, 0.1) is 0 Å². The van der Waals surface area contributed by atoms with Crippen LogP contribution in [0.1, 0.15) is 25.8 Å². The van der Waals surface area contributed by atoms with Crippen molar-refractivity contribution in [2.45, 2.75) is 20.0 Å². The average Bonchev–Trinajstić information content (AvgIpc) is 2.80. The molecule has 118 valence electrons. The van der Waals surface area contributed by atoms with Crippen LogP contribution >= 0.6 is 0 Å². The van der Waals surface area contributed by atoms with Gasteiger partial charge in [0.15, 0.2) is 23.1 Å². The zero-order chi connectivity index (χ0) is 16.8. The first-order valence-corrected chi connectivity index (χ1v) is 6.65. The monoisotopic (exact) mass is 306 g/mol. The fourth-order valence-electron chi connectivity index (χ4n) is 2.21. The van der Waals surface area contributed by atoms with Gasteiger partial charge in [0.1, 0.15) is 0 Å². The van der Waals surface area contributed by atoms with E-state index >= 15 is 0 Å². The number of fused-ring (bicyclic) bond motifs is 1. The summed E-state index contributed by atoms with van der Waals surface area (Å²) in [6.45, 7) is 6.71. The Balaban J connectivity index is 2.66. The van der Waals surface area contributed by atoms with Crippen molar-refractivity contribution in [1.82, 2.24) is 18.7 Å². The van der Waals surface area contributed by atoms with Crippen molar-refractivity contribution in [3.8, 4) is 0 Å². The second-order valence-corrected chi connectivity index (χ2v) is 5.23. The largest absolute Gasteiger partial charge is 0.451 e. The lowest BCUT2D eigenvalue weighted by Crippen LogP contribution is -2.37. The predicted octanol–water partition coefficient (Wildman–Crippen LogP) is 0.151. The molecule has 1 atom stereocenters. The Kier molecular flexibility index (Phi) is 3.78. The molecule has 1 unspecified atom stereocenters. The second-order valence-electron chi connectivity index (χ2n) is 5.23. The van der Waals surface area contributed by atoms with Gasteiger partial charge in [-0.25, -0.2) is 14.6 Å². The molecule has 8 nitrogen and oxygen atoms in total. The second kappa shape index (κ2) is 5.28. The molecule has 0 aliphatic heterocycles. The highest BCUT2D eigenvalue weighted by atomic mass is 16.5. The van der Waals surface area contributed by atoms with Crippen LogP contribution in [0, 0.1) is 0 Å². The highest BCUT2D eigenvalue weighted by Crippen LogP contribution is 2.19. The summed E-state index contributed by atoms with van der Waals surface area (Å²) in [5.41, 5.74) is -0.109. The van der Waals surface area contributed by atoms with E-state index in [4.69, 9.17) is 4.74 Å². The number of esters is 1. The number of ether oxygens (including phenoxy) is 1. The maximum absolute atomic E-state index is 12.3. The van der Waals surface area contributed by atoms with Crippen LogP contribution < -0.4 is 11.2 Å². The molecule has 8 heteroatoms. The predicted molar refractivity (Wildman–Crippen MR) is 80.5 cm³/mol. The molecular formula is C14H18N4O4. The minimum Gasteiger partial charge on any atom is -0.451 e. The van der Waals surface area contributed by atoms with Gasteiger partial charge in [-0.05, 0) is 13.8 Å². The minimum atomic E-state index is -0.679. The molecular weight excluding hydrogens is 288 g/mol. The minimum absolute atomic E-state index is 0.254. The number of carbonyl (C=O) groups is 1. The molecule has 0 spiro atoms. The molecule has 2 rings (SSSR count). The summed E-state index contributed by atoms with van der Waals surface area (Å²) in [6, 6.07) is 0.